The summed E-state index contributed by atoms with van der Waals surface area (Å²) < 4.78 is 7.00. The summed E-state index contributed by atoms with van der Waals surface area (Å²) in [6.07, 6.45) is 0. The van der Waals surface area contributed by atoms with E-state index in [4.69, 9.17) is 16.3 Å². The zero-order chi connectivity index (χ0) is 14.7. The summed E-state index contributed by atoms with van der Waals surface area (Å²) in [5, 5.41) is 8.41. The van der Waals surface area contributed by atoms with Crippen molar-refractivity contribution in [3.8, 4) is 22.7 Å². The molecule has 0 aliphatic heterocycles. The second kappa shape index (κ2) is 5.97. The Hall–Kier alpha value is -2.33. The molecule has 106 valence electrons. The average molecular weight is 300 g/mol. The van der Waals surface area contributed by atoms with Crippen LogP contribution in [0.3, 0.4) is 0 Å². The molecule has 0 saturated heterocycles. The van der Waals surface area contributed by atoms with Crippen LogP contribution in [0.15, 0.2) is 54.6 Å². The summed E-state index contributed by atoms with van der Waals surface area (Å²) in [4.78, 5) is 0. The molecule has 0 N–H and O–H groups in total. The van der Waals surface area contributed by atoms with Crippen molar-refractivity contribution in [3.63, 3.8) is 0 Å². The topological polar surface area (TPSA) is 39.9 Å². The number of para-hydroxylation sites is 1. The van der Waals surface area contributed by atoms with Gasteiger partial charge in [-0.3, -0.25) is 0 Å². The Morgan fingerprint density at radius 2 is 1.76 bits per heavy atom. The van der Waals surface area contributed by atoms with E-state index in [0.29, 0.717) is 5.88 Å². The number of hydrogen-bond acceptors (Lipinski definition) is 3. The van der Waals surface area contributed by atoms with Gasteiger partial charge in [-0.2, -0.15) is 0 Å². The third kappa shape index (κ3) is 2.62. The van der Waals surface area contributed by atoms with Crippen LogP contribution in [0, 0.1) is 0 Å². The first kappa shape index (κ1) is 13.6. The second-order valence-corrected chi connectivity index (χ2v) is 4.76. The Balaban J connectivity index is 2.13. The molecule has 21 heavy (non-hydrogen) atoms. The molecule has 0 amide bonds. The summed E-state index contributed by atoms with van der Waals surface area (Å²) in [5.74, 6) is 1.12. The van der Waals surface area contributed by atoms with Crippen molar-refractivity contribution < 1.29 is 4.74 Å². The maximum absolute atomic E-state index is 6.00. The van der Waals surface area contributed by atoms with Gasteiger partial charge in [0, 0.05) is 5.56 Å². The molecule has 4 nitrogen and oxygen atoms in total. The van der Waals surface area contributed by atoms with E-state index in [1.165, 1.54) is 0 Å². The summed E-state index contributed by atoms with van der Waals surface area (Å²) in [6, 6.07) is 17.7. The summed E-state index contributed by atoms with van der Waals surface area (Å²) >= 11 is 6.00. The molecule has 1 aromatic heterocycles. The predicted octanol–water partition coefficient (Wildman–Crippen LogP) is 3.68. The smallest absolute Gasteiger partial charge is 0.118 e. The van der Waals surface area contributed by atoms with Crippen LogP contribution < -0.4 is 4.74 Å². The lowest BCUT2D eigenvalue weighted by Crippen LogP contribution is -1.99. The molecular formula is C16H14ClN3O. The monoisotopic (exact) mass is 299 g/mol. The largest absolute Gasteiger partial charge is 0.497 e. The lowest BCUT2D eigenvalue weighted by atomic mass is 10.1. The minimum Gasteiger partial charge on any atom is -0.497 e. The third-order valence-corrected chi connectivity index (χ3v) is 3.48. The number of nitrogens with zero attached hydrogens (tertiary/aromatic N) is 3. The minimum atomic E-state index is 0.314. The van der Waals surface area contributed by atoms with Crippen molar-refractivity contribution >= 4 is 11.6 Å². The van der Waals surface area contributed by atoms with Crippen molar-refractivity contribution in [3.05, 3.63) is 60.3 Å². The predicted molar refractivity (Wildman–Crippen MR) is 82.9 cm³/mol. The van der Waals surface area contributed by atoms with Gasteiger partial charge in [-0.05, 0) is 36.4 Å². The zero-order valence-electron chi connectivity index (χ0n) is 11.5. The first-order chi connectivity index (χ1) is 10.3. The Kier molecular flexibility index (Phi) is 3.88. The van der Waals surface area contributed by atoms with Crippen LogP contribution in [0.4, 0.5) is 0 Å². The van der Waals surface area contributed by atoms with Gasteiger partial charge < -0.3 is 4.74 Å². The van der Waals surface area contributed by atoms with Crippen LogP contribution in [0.1, 0.15) is 5.69 Å². The van der Waals surface area contributed by atoms with Gasteiger partial charge in [-0.1, -0.05) is 23.4 Å². The molecule has 1 heterocycles. The Bertz CT molecular complexity index is 723. The molecule has 0 aliphatic rings. The van der Waals surface area contributed by atoms with Gasteiger partial charge in [0.1, 0.15) is 11.4 Å². The fraction of sp³-hybridized carbons (Fsp3) is 0.125. The van der Waals surface area contributed by atoms with Crippen molar-refractivity contribution in [2.24, 2.45) is 0 Å². The molecule has 5 heteroatoms. The molecule has 0 unspecified atom stereocenters. The SMILES string of the molecule is COc1ccc(-c2c(CCl)nnn2-c2ccccc2)cc1. The number of benzene rings is 2. The van der Waals surface area contributed by atoms with Crippen LogP contribution in [0.2, 0.25) is 0 Å². The van der Waals surface area contributed by atoms with Crippen LogP contribution in [-0.4, -0.2) is 22.1 Å². The van der Waals surface area contributed by atoms with Gasteiger partial charge in [-0.25, -0.2) is 4.68 Å². The van der Waals surface area contributed by atoms with E-state index in [0.717, 1.165) is 28.4 Å². The maximum Gasteiger partial charge on any atom is 0.118 e. The lowest BCUT2D eigenvalue weighted by molar-refractivity contribution is 0.415. The van der Waals surface area contributed by atoms with Crippen molar-refractivity contribution in [2.45, 2.75) is 5.88 Å². The number of halogens is 1. The number of aromatic nitrogens is 3. The standard InChI is InChI=1S/C16H14ClN3O/c1-21-14-9-7-12(8-10-14)16-15(11-17)18-19-20(16)13-5-3-2-4-6-13/h2-10H,11H2,1H3. The number of rotatable bonds is 4. The quantitative estimate of drug-likeness (QED) is 0.690. The molecule has 0 saturated carbocycles. The van der Waals surface area contributed by atoms with Crippen LogP contribution in [0.25, 0.3) is 16.9 Å². The Morgan fingerprint density at radius 3 is 2.38 bits per heavy atom. The highest BCUT2D eigenvalue weighted by Gasteiger charge is 2.15. The minimum absolute atomic E-state index is 0.314. The van der Waals surface area contributed by atoms with Crippen LogP contribution in [-0.2, 0) is 5.88 Å². The van der Waals surface area contributed by atoms with Gasteiger partial charge in [0.2, 0.25) is 0 Å². The number of alkyl halides is 1. The molecule has 2 aromatic carbocycles. The van der Waals surface area contributed by atoms with E-state index in [2.05, 4.69) is 10.3 Å². The summed E-state index contributed by atoms with van der Waals surface area (Å²) in [7, 11) is 1.65. The van der Waals surface area contributed by atoms with Gasteiger partial charge in [-0.15, -0.1) is 16.7 Å². The maximum atomic E-state index is 6.00. The molecular weight excluding hydrogens is 286 g/mol. The molecule has 0 spiro atoms. The van der Waals surface area contributed by atoms with E-state index in [1.807, 2.05) is 54.6 Å². The fourth-order valence-corrected chi connectivity index (χ4v) is 2.37. The summed E-state index contributed by atoms with van der Waals surface area (Å²) in [5.41, 5.74) is 3.61. The van der Waals surface area contributed by atoms with Gasteiger partial charge in [0.25, 0.3) is 0 Å². The highest BCUT2D eigenvalue weighted by molar-refractivity contribution is 6.17. The highest BCUT2D eigenvalue weighted by Crippen LogP contribution is 2.27. The van der Waals surface area contributed by atoms with Gasteiger partial charge >= 0.3 is 0 Å². The van der Waals surface area contributed by atoms with Crippen molar-refractivity contribution in [1.29, 1.82) is 0 Å². The third-order valence-electron chi connectivity index (χ3n) is 3.23. The van der Waals surface area contributed by atoms with E-state index >= 15 is 0 Å². The highest BCUT2D eigenvalue weighted by atomic mass is 35.5. The van der Waals surface area contributed by atoms with Crippen molar-refractivity contribution in [1.82, 2.24) is 15.0 Å². The van der Waals surface area contributed by atoms with Crippen LogP contribution >= 0.6 is 11.6 Å². The number of methoxy groups -OCH3 is 1. The van der Waals surface area contributed by atoms with E-state index in [1.54, 1.807) is 11.8 Å². The number of ether oxygens (including phenoxy) is 1. The normalized spacial score (nSPS) is 10.6. The van der Waals surface area contributed by atoms with Crippen molar-refractivity contribution in [2.75, 3.05) is 7.11 Å². The first-order valence-corrected chi connectivity index (χ1v) is 7.07. The fourth-order valence-electron chi connectivity index (χ4n) is 2.19. The van der Waals surface area contributed by atoms with E-state index < -0.39 is 0 Å². The molecule has 0 bridgehead atoms. The van der Waals surface area contributed by atoms with Gasteiger partial charge in [0.15, 0.2) is 0 Å². The molecule has 3 aromatic rings. The second-order valence-electron chi connectivity index (χ2n) is 4.49. The van der Waals surface area contributed by atoms with E-state index in [-0.39, 0.29) is 0 Å². The van der Waals surface area contributed by atoms with Crippen LogP contribution in [0.5, 0.6) is 5.75 Å². The molecule has 0 aliphatic carbocycles. The molecule has 0 radical (unpaired) electrons. The lowest BCUT2D eigenvalue weighted by Gasteiger charge is -2.08. The van der Waals surface area contributed by atoms with Gasteiger partial charge in [0.05, 0.1) is 24.4 Å². The van der Waals surface area contributed by atoms with E-state index in [9.17, 15) is 0 Å². The molecule has 0 fully saturated rings. The Labute approximate surface area is 127 Å². The molecule has 0 atom stereocenters. The Morgan fingerprint density at radius 1 is 1.05 bits per heavy atom. The summed E-state index contributed by atoms with van der Waals surface area (Å²) in [6.45, 7) is 0. The number of hydrogen-bond donors (Lipinski definition) is 0. The average Bonchev–Trinajstić information content (AvgIpc) is 2.99. The molecule has 3 rings (SSSR count). The first-order valence-electron chi connectivity index (χ1n) is 6.54. The zero-order valence-corrected chi connectivity index (χ0v) is 12.3.